The summed E-state index contributed by atoms with van der Waals surface area (Å²) >= 11 is 0. The van der Waals surface area contributed by atoms with Gasteiger partial charge in [0.25, 0.3) is 0 Å². The van der Waals surface area contributed by atoms with Crippen molar-refractivity contribution in [3.63, 3.8) is 0 Å². The van der Waals surface area contributed by atoms with Crippen LogP contribution in [-0.2, 0) is 0 Å². The number of nitrogens with two attached hydrogens (primary N) is 1. The van der Waals surface area contributed by atoms with E-state index in [1.807, 2.05) is 0 Å². The van der Waals surface area contributed by atoms with E-state index in [4.69, 9.17) is 5.84 Å². The summed E-state index contributed by atoms with van der Waals surface area (Å²) in [6.45, 7) is 1.79. The van der Waals surface area contributed by atoms with Crippen molar-refractivity contribution in [3.8, 4) is 0 Å². The third-order valence-corrected chi connectivity index (χ3v) is 2.89. The molecule has 0 saturated heterocycles. The lowest BCUT2D eigenvalue weighted by molar-refractivity contribution is 0.598. The third kappa shape index (κ3) is 2.55. The first-order valence-electron chi connectivity index (χ1n) is 5.59. The van der Waals surface area contributed by atoms with Crippen molar-refractivity contribution in [2.24, 2.45) is 5.84 Å². The van der Waals surface area contributed by atoms with E-state index in [2.05, 4.69) is 5.43 Å². The van der Waals surface area contributed by atoms with Gasteiger partial charge >= 0.3 is 0 Å². The molecule has 0 amide bonds. The van der Waals surface area contributed by atoms with Crippen LogP contribution >= 0.6 is 0 Å². The molecule has 0 aromatic heterocycles. The number of aryl methyl sites for hydroxylation is 1. The second-order valence-corrected chi connectivity index (χ2v) is 4.16. The maximum absolute atomic E-state index is 13.2. The van der Waals surface area contributed by atoms with Crippen LogP contribution in [0.25, 0.3) is 0 Å². The minimum atomic E-state index is -0.360. The van der Waals surface area contributed by atoms with Crippen molar-refractivity contribution < 1.29 is 8.78 Å². The van der Waals surface area contributed by atoms with Crippen LogP contribution < -0.4 is 11.3 Å². The molecule has 4 heteroatoms. The second-order valence-electron chi connectivity index (χ2n) is 4.16. The van der Waals surface area contributed by atoms with Crippen molar-refractivity contribution in [1.29, 1.82) is 0 Å². The largest absolute Gasteiger partial charge is 0.271 e. The molecule has 0 aliphatic heterocycles. The first-order valence-corrected chi connectivity index (χ1v) is 5.59. The summed E-state index contributed by atoms with van der Waals surface area (Å²) in [7, 11) is 0. The van der Waals surface area contributed by atoms with E-state index in [-0.39, 0.29) is 17.7 Å². The van der Waals surface area contributed by atoms with Crippen LogP contribution in [0.2, 0.25) is 0 Å². The van der Waals surface area contributed by atoms with E-state index >= 15 is 0 Å². The monoisotopic (exact) mass is 248 g/mol. The highest BCUT2D eigenvalue weighted by atomic mass is 19.1. The highest BCUT2D eigenvalue weighted by Crippen LogP contribution is 2.25. The minimum absolute atomic E-state index is 0.300. The van der Waals surface area contributed by atoms with Gasteiger partial charge < -0.3 is 0 Å². The van der Waals surface area contributed by atoms with Crippen LogP contribution in [0.3, 0.4) is 0 Å². The molecule has 2 aromatic rings. The zero-order chi connectivity index (χ0) is 13.1. The zero-order valence-electron chi connectivity index (χ0n) is 9.95. The molecule has 0 spiro atoms. The van der Waals surface area contributed by atoms with Gasteiger partial charge in [-0.25, -0.2) is 14.2 Å². The predicted molar refractivity (Wildman–Crippen MR) is 66.7 cm³/mol. The zero-order valence-corrected chi connectivity index (χ0v) is 9.95. The first kappa shape index (κ1) is 12.7. The average Bonchev–Trinajstić information content (AvgIpc) is 2.33. The van der Waals surface area contributed by atoms with Crippen molar-refractivity contribution in [2.75, 3.05) is 0 Å². The number of hydrogen-bond acceptors (Lipinski definition) is 2. The third-order valence-electron chi connectivity index (χ3n) is 2.89. The van der Waals surface area contributed by atoms with Crippen molar-refractivity contribution >= 4 is 0 Å². The predicted octanol–water partition coefficient (Wildman–Crippen LogP) is 2.83. The maximum Gasteiger partial charge on any atom is 0.123 e. The molecule has 0 aliphatic rings. The normalized spacial score (nSPS) is 12.4. The average molecular weight is 248 g/mol. The summed E-state index contributed by atoms with van der Waals surface area (Å²) in [5.41, 5.74) is 4.92. The van der Waals surface area contributed by atoms with Crippen LogP contribution in [-0.4, -0.2) is 0 Å². The molecule has 0 heterocycles. The lowest BCUT2D eigenvalue weighted by Gasteiger charge is -2.19. The lowest BCUT2D eigenvalue weighted by Crippen LogP contribution is -2.29. The Morgan fingerprint density at radius 2 is 1.78 bits per heavy atom. The molecule has 1 atom stereocenters. The standard InChI is InChI=1S/C14H14F2N2/c1-9-7-12(16)5-6-13(9)14(18-17)10-3-2-4-11(15)8-10/h2-8,14,18H,17H2,1H3. The van der Waals surface area contributed by atoms with E-state index in [1.165, 1.54) is 24.3 Å². The van der Waals surface area contributed by atoms with E-state index in [0.29, 0.717) is 5.56 Å². The molecule has 2 aromatic carbocycles. The fraction of sp³-hybridized carbons (Fsp3) is 0.143. The Balaban J connectivity index is 2.45. The minimum Gasteiger partial charge on any atom is -0.271 e. The fourth-order valence-corrected chi connectivity index (χ4v) is 2.01. The Bertz CT molecular complexity index is 555. The molecular formula is C14H14F2N2. The van der Waals surface area contributed by atoms with E-state index in [0.717, 1.165) is 11.1 Å². The molecule has 0 fully saturated rings. The summed E-state index contributed by atoms with van der Waals surface area (Å²) < 4.78 is 26.3. The summed E-state index contributed by atoms with van der Waals surface area (Å²) in [6.07, 6.45) is 0. The summed E-state index contributed by atoms with van der Waals surface area (Å²) in [4.78, 5) is 0. The van der Waals surface area contributed by atoms with Gasteiger partial charge in [0.15, 0.2) is 0 Å². The van der Waals surface area contributed by atoms with Crippen molar-refractivity contribution in [2.45, 2.75) is 13.0 Å². The van der Waals surface area contributed by atoms with Crippen LogP contribution in [0.4, 0.5) is 8.78 Å². The highest BCUT2D eigenvalue weighted by Gasteiger charge is 2.15. The topological polar surface area (TPSA) is 38.0 Å². The lowest BCUT2D eigenvalue weighted by atomic mass is 9.95. The molecule has 1 unspecified atom stereocenters. The van der Waals surface area contributed by atoms with Gasteiger partial charge in [-0.3, -0.25) is 5.84 Å². The van der Waals surface area contributed by atoms with E-state index in [9.17, 15) is 8.78 Å². The number of hydrazine groups is 1. The van der Waals surface area contributed by atoms with Gasteiger partial charge in [-0.15, -0.1) is 0 Å². The summed E-state index contributed by atoms with van der Waals surface area (Å²) in [5, 5.41) is 0. The number of rotatable bonds is 3. The van der Waals surface area contributed by atoms with Gasteiger partial charge in [-0.2, -0.15) is 0 Å². The maximum atomic E-state index is 13.2. The Hall–Kier alpha value is -1.78. The molecule has 3 N–H and O–H groups in total. The van der Waals surface area contributed by atoms with Crippen LogP contribution in [0.1, 0.15) is 22.7 Å². The number of benzene rings is 2. The van der Waals surface area contributed by atoms with Crippen LogP contribution in [0.15, 0.2) is 42.5 Å². The molecule has 0 saturated carbocycles. The SMILES string of the molecule is Cc1cc(F)ccc1C(NN)c1cccc(F)c1. The number of hydrogen-bond donors (Lipinski definition) is 2. The number of halogens is 2. The Morgan fingerprint density at radius 1 is 1.06 bits per heavy atom. The van der Waals surface area contributed by atoms with Crippen molar-refractivity contribution in [3.05, 3.63) is 70.8 Å². The van der Waals surface area contributed by atoms with Gasteiger partial charge in [-0.05, 0) is 47.9 Å². The smallest absolute Gasteiger partial charge is 0.123 e. The highest BCUT2D eigenvalue weighted by molar-refractivity contribution is 5.37. The van der Waals surface area contributed by atoms with Gasteiger partial charge in [-0.1, -0.05) is 18.2 Å². The molecule has 0 radical (unpaired) electrons. The number of nitrogens with one attached hydrogen (secondary N) is 1. The Kier molecular flexibility index (Phi) is 3.69. The van der Waals surface area contributed by atoms with Crippen LogP contribution in [0.5, 0.6) is 0 Å². The fourth-order valence-electron chi connectivity index (χ4n) is 2.01. The van der Waals surface area contributed by atoms with E-state index < -0.39 is 0 Å². The molecule has 2 nitrogen and oxygen atoms in total. The first-order chi connectivity index (χ1) is 8.61. The molecule has 0 bridgehead atoms. The molecular weight excluding hydrogens is 234 g/mol. The van der Waals surface area contributed by atoms with Crippen LogP contribution in [0, 0.1) is 18.6 Å². The van der Waals surface area contributed by atoms with Gasteiger partial charge in [0.05, 0.1) is 6.04 Å². The molecule has 18 heavy (non-hydrogen) atoms. The quantitative estimate of drug-likeness (QED) is 0.647. The molecule has 0 aliphatic carbocycles. The van der Waals surface area contributed by atoms with Crippen molar-refractivity contribution in [1.82, 2.24) is 5.43 Å². The summed E-state index contributed by atoms with van der Waals surface area (Å²) in [6, 6.07) is 10.3. The van der Waals surface area contributed by atoms with E-state index in [1.54, 1.807) is 25.1 Å². The Labute approximate surface area is 104 Å². The van der Waals surface area contributed by atoms with Gasteiger partial charge in [0.1, 0.15) is 11.6 Å². The van der Waals surface area contributed by atoms with Gasteiger partial charge in [0.2, 0.25) is 0 Å². The summed E-state index contributed by atoms with van der Waals surface area (Å²) in [5.74, 6) is 4.90. The molecule has 94 valence electrons. The Morgan fingerprint density at radius 3 is 2.39 bits per heavy atom. The van der Waals surface area contributed by atoms with Gasteiger partial charge in [0, 0.05) is 0 Å². The second kappa shape index (κ2) is 5.25. The molecule has 2 rings (SSSR count).